The van der Waals surface area contributed by atoms with Crippen molar-refractivity contribution >= 4 is 17.6 Å². The van der Waals surface area contributed by atoms with Gasteiger partial charge in [0.25, 0.3) is 0 Å². The van der Waals surface area contributed by atoms with E-state index in [0.717, 1.165) is 13.0 Å². The van der Waals surface area contributed by atoms with Gasteiger partial charge in [-0.25, -0.2) is 0 Å². The molecule has 0 spiro atoms. The van der Waals surface area contributed by atoms with Crippen molar-refractivity contribution in [1.82, 2.24) is 9.97 Å². The van der Waals surface area contributed by atoms with Gasteiger partial charge in [0, 0.05) is 12.6 Å². The highest BCUT2D eigenvalue weighted by atomic mass is 16.3. The van der Waals surface area contributed by atoms with Crippen LogP contribution in [0.5, 0.6) is 0 Å². The molecule has 1 atom stereocenters. The van der Waals surface area contributed by atoms with E-state index in [2.05, 4.69) is 27.5 Å². The topological polar surface area (TPSA) is 96.1 Å². The first-order valence-electron chi connectivity index (χ1n) is 6.32. The molecule has 0 aliphatic rings. The maximum absolute atomic E-state index is 9.29. The lowest BCUT2D eigenvalue weighted by atomic mass is 10.1. The quantitative estimate of drug-likeness (QED) is 0.585. The molecule has 0 radical (unpaired) electrons. The van der Waals surface area contributed by atoms with E-state index in [1.165, 1.54) is 0 Å². The van der Waals surface area contributed by atoms with Gasteiger partial charge >= 0.3 is 0 Å². The number of nitrogen functional groups attached to an aromatic ring is 1. The number of aliphatic hydroxyl groups excluding tert-OH is 1. The van der Waals surface area contributed by atoms with Crippen LogP contribution in [0.1, 0.15) is 27.2 Å². The first kappa shape index (κ1) is 14.5. The van der Waals surface area contributed by atoms with E-state index < -0.39 is 0 Å². The second kappa shape index (κ2) is 7.00. The minimum atomic E-state index is -0.0432. The summed E-state index contributed by atoms with van der Waals surface area (Å²) in [5, 5.41) is 15.6. The molecule has 6 heteroatoms. The van der Waals surface area contributed by atoms with Gasteiger partial charge in [-0.1, -0.05) is 20.8 Å². The summed E-state index contributed by atoms with van der Waals surface area (Å²) in [6, 6.07) is 1.76. The van der Waals surface area contributed by atoms with Gasteiger partial charge in [-0.3, -0.25) is 0 Å². The van der Waals surface area contributed by atoms with Crippen LogP contribution in [-0.2, 0) is 0 Å². The molecule has 5 N–H and O–H groups in total. The van der Waals surface area contributed by atoms with E-state index in [4.69, 9.17) is 5.73 Å². The highest BCUT2D eigenvalue weighted by molar-refractivity contribution is 5.51. The molecule has 102 valence electrons. The Balaban J connectivity index is 2.78. The Morgan fingerprint density at radius 3 is 2.56 bits per heavy atom. The molecule has 1 heterocycles. The van der Waals surface area contributed by atoms with Crippen LogP contribution >= 0.6 is 0 Å². The van der Waals surface area contributed by atoms with Crippen LogP contribution in [0.2, 0.25) is 0 Å². The zero-order valence-electron chi connectivity index (χ0n) is 11.3. The molecule has 0 aliphatic carbocycles. The second-order valence-corrected chi connectivity index (χ2v) is 4.60. The van der Waals surface area contributed by atoms with Crippen LogP contribution < -0.4 is 16.4 Å². The molecular weight excluding hydrogens is 230 g/mol. The number of hydrogen-bond donors (Lipinski definition) is 4. The molecule has 0 bridgehead atoms. The Kier molecular flexibility index (Phi) is 5.64. The normalized spacial score (nSPS) is 12.5. The van der Waals surface area contributed by atoms with E-state index in [1.54, 1.807) is 6.07 Å². The molecular formula is C12H23N5O. The van der Waals surface area contributed by atoms with E-state index in [9.17, 15) is 5.11 Å². The first-order chi connectivity index (χ1) is 8.56. The zero-order valence-corrected chi connectivity index (χ0v) is 11.3. The lowest BCUT2D eigenvalue weighted by Crippen LogP contribution is -2.30. The number of anilines is 3. The monoisotopic (exact) mass is 253 g/mol. The molecule has 6 nitrogen and oxygen atoms in total. The fraction of sp³-hybridized carbons (Fsp3) is 0.667. The number of nitrogens with zero attached hydrogens (tertiary/aromatic N) is 2. The second-order valence-electron chi connectivity index (χ2n) is 4.60. The van der Waals surface area contributed by atoms with Crippen LogP contribution in [-0.4, -0.2) is 34.3 Å². The lowest BCUT2D eigenvalue weighted by Gasteiger charge is -2.20. The summed E-state index contributed by atoms with van der Waals surface area (Å²) in [6.07, 6.45) is 1.01. The van der Waals surface area contributed by atoms with Gasteiger partial charge in [-0.05, 0) is 12.3 Å². The summed E-state index contributed by atoms with van der Waals surface area (Å²) < 4.78 is 0. The summed E-state index contributed by atoms with van der Waals surface area (Å²) in [6.45, 7) is 7.05. The van der Waals surface area contributed by atoms with Crippen molar-refractivity contribution in [3.63, 3.8) is 0 Å². The average Bonchev–Trinajstić information content (AvgIpc) is 2.32. The number of nitrogens with two attached hydrogens (primary N) is 1. The molecule has 1 aromatic heterocycles. The van der Waals surface area contributed by atoms with Crippen molar-refractivity contribution in [2.75, 3.05) is 29.5 Å². The highest BCUT2D eigenvalue weighted by Crippen LogP contribution is 2.15. The minimum absolute atomic E-state index is 0.0432. The fourth-order valence-electron chi connectivity index (χ4n) is 1.50. The van der Waals surface area contributed by atoms with Gasteiger partial charge in [0.1, 0.15) is 11.6 Å². The highest BCUT2D eigenvalue weighted by Gasteiger charge is 2.13. The predicted octanol–water partition coefficient (Wildman–Crippen LogP) is 1.31. The van der Waals surface area contributed by atoms with Gasteiger partial charge in [0.05, 0.1) is 12.6 Å². The summed E-state index contributed by atoms with van der Waals surface area (Å²) in [4.78, 5) is 8.22. The van der Waals surface area contributed by atoms with E-state index in [-0.39, 0.29) is 18.6 Å². The van der Waals surface area contributed by atoms with Crippen molar-refractivity contribution in [1.29, 1.82) is 0 Å². The smallest absolute Gasteiger partial charge is 0.223 e. The number of nitrogens with one attached hydrogen (secondary N) is 2. The number of hydrogen-bond acceptors (Lipinski definition) is 6. The van der Waals surface area contributed by atoms with Crippen LogP contribution in [0.25, 0.3) is 0 Å². The number of rotatable bonds is 7. The molecule has 0 unspecified atom stereocenters. The summed E-state index contributed by atoms with van der Waals surface area (Å²) >= 11 is 0. The molecule has 0 aliphatic heterocycles. The van der Waals surface area contributed by atoms with E-state index >= 15 is 0 Å². The predicted molar refractivity (Wildman–Crippen MR) is 74.6 cm³/mol. The van der Waals surface area contributed by atoms with Crippen molar-refractivity contribution in [3.8, 4) is 0 Å². The van der Waals surface area contributed by atoms with Crippen LogP contribution in [0, 0.1) is 5.92 Å². The van der Waals surface area contributed by atoms with Gasteiger partial charge in [0.2, 0.25) is 5.95 Å². The van der Waals surface area contributed by atoms with Crippen molar-refractivity contribution < 1.29 is 5.11 Å². The maximum Gasteiger partial charge on any atom is 0.223 e. The van der Waals surface area contributed by atoms with Crippen molar-refractivity contribution in [3.05, 3.63) is 6.07 Å². The van der Waals surface area contributed by atoms with Gasteiger partial charge in [-0.2, -0.15) is 9.97 Å². The van der Waals surface area contributed by atoms with Gasteiger partial charge in [-0.15, -0.1) is 0 Å². The summed E-state index contributed by atoms with van der Waals surface area (Å²) in [5.74, 6) is 1.86. The third kappa shape index (κ3) is 4.37. The van der Waals surface area contributed by atoms with Gasteiger partial charge in [0.15, 0.2) is 0 Å². The summed E-state index contributed by atoms with van der Waals surface area (Å²) in [5.41, 5.74) is 5.66. The minimum Gasteiger partial charge on any atom is -0.394 e. The Bertz CT molecular complexity index is 369. The number of aromatic nitrogens is 2. The van der Waals surface area contributed by atoms with E-state index in [1.807, 2.05) is 13.8 Å². The SMILES string of the molecule is CCCNc1cc(N[C@H](CO)C(C)C)nc(N)n1. The zero-order chi connectivity index (χ0) is 13.5. The van der Waals surface area contributed by atoms with Crippen molar-refractivity contribution in [2.24, 2.45) is 5.92 Å². The Morgan fingerprint density at radius 1 is 1.33 bits per heavy atom. The molecule has 1 aromatic rings. The molecule has 18 heavy (non-hydrogen) atoms. The Morgan fingerprint density at radius 2 is 2.00 bits per heavy atom. The van der Waals surface area contributed by atoms with Crippen LogP contribution in [0.15, 0.2) is 6.07 Å². The standard InChI is InChI=1S/C12H23N5O/c1-4-5-14-10-6-11(17-12(13)16-10)15-9(7-18)8(2)3/h6,8-9,18H,4-5,7H2,1-3H3,(H4,13,14,15,16,17)/t9-/m1/s1. The third-order valence-corrected chi connectivity index (χ3v) is 2.63. The maximum atomic E-state index is 9.29. The van der Waals surface area contributed by atoms with Gasteiger partial charge < -0.3 is 21.5 Å². The molecule has 0 saturated carbocycles. The molecule has 0 aromatic carbocycles. The number of aliphatic hydroxyl groups is 1. The van der Waals surface area contributed by atoms with Crippen LogP contribution in [0.4, 0.5) is 17.6 Å². The molecule has 0 amide bonds. The Labute approximate surface area is 108 Å². The first-order valence-corrected chi connectivity index (χ1v) is 6.32. The lowest BCUT2D eigenvalue weighted by molar-refractivity contribution is 0.249. The molecule has 0 saturated heterocycles. The Hall–Kier alpha value is -1.56. The average molecular weight is 253 g/mol. The molecule has 0 fully saturated rings. The largest absolute Gasteiger partial charge is 0.394 e. The van der Waals surface area contributed by atoms with Crippen molar-refractivity contribution in [2.45, 2.75) is 33.2 Å². The third-order valence-electron chi connectivity index (χ3n) is 2.63. The summed E-state index contributed by atoms with van der Waals surface area (Å²) in [7, 11) is 0. The fourth-order valence-corrected chi connectivity index (χ4v) is 1.50. The van der Waals surface area contributed by atoms with E-state index in [0.29, 0.717) is 17.6 Å². The van der Waals surface area contributed by atoms with Crippen LogP contribution in [0.3, 0.4) is 0 Å². The molecule has 1 rings (SSSR count).